The summed E-state index contributed by atoms with van der Waals surface area (Å²) in [6.45, 7) is 1.38. The number of hydrogen-bond acceptors (Lipinski definition) is 6. The fraction of sp³-hybridized carbons (Fsp3) is 0.545. The van der Waals surface area contributed by atoms with Crippen molar-refractivity contribution in [1.82, 2.24) is 5.32 Å². The predicted molar refractivity (Wildman–Crippen MR) is 58.9 cm³/mol. The van der Waals surface area contributed by atoms with E-state index in [4.69, 9.17) is 24.1 Å². The molecular formula is C11H15NO6. The highest BCUT2D eigenvalue weighted by Crippen LogP contribution is 2.20. The molecule has 2 N–H and O–H groups in total. The van der Waals surface area contributed by atoms with Gasteiger partial charge in [-0.25, -0.2) is 0 Å². The number of ether oxygens (including phenoxy) is 4. The van der Waals surface area contributed by atoms with Crippen LogP contribution >= 0.6 is 0 Å². The molecule has 0 bridgehead atoms. The molecule has 3 aliphatic rings. The normalized spacial score (nSPS) is 24.6. The van der Waals surface area contributed by atoms with E-state index in [0.717, 1.165) is 19.4 Å². The van der Waals surface area contributed by atoms with E-state index in [2.05, 4.69) is 5.32 Å². The molecule has 3 heterocycles. The van der Waals surface area contributed by atoms with Gasteiger partial charge in [0.05, 0.1) is 0 Å². The molecule has 0 unspecified atom stereocenters. The maximum Gasteiger partial charge on any atom is 0.320 e. The van der Waals surface area contributed by atoms with Crippen LogP contribution in [0.2, 0.25) is 0 Å². The number of carboxylic acids is 1. The van der Waals surface area contributed by atoms with Gasteiger partial charge in [0.25, 0.3) is 0 Å². The Kier molecular flexibility index (Phi) is 4.30. The summed E-state index contributed by atoms with van der Waals surface area (Å²) in [7, 11) is 0. The third-order valence-corrected chi connectivity index (χ3v) is 2.55. The van der Waals surface area contributed by atoms with Crippen molar-refractivity contribution in [1.29, 1.82) is 0 Å². The fourth-order valence-electron chi connectivity index (χ4n) is 1.64. The fourth-order valence-corrected chi connectivity index (χ4v) is 1.64. The molecule has 1 saturated heterocycles. The predicted octanol–water partition coefficient (Wildman–Crippen LogP) is 0.501. The van der Waals surface area contributed by atoms with Crippen LogP contribution < -0.4 is 5.32 Å². The van der Waals surface area contributed by atoms with E-state index in [1.165, 1.54) is 12.5 Å². The van der Waals surface area contributed by atoms with Gasteiger partial charge in [-0.3, -0.25) is 4.79 Å². The van der Waals surface area contributed by atoms with Crippen LogP contribution in [0.1, 0.15) is 12.8 Å². The summed E-state index contributed by atoms with van der Waals surface area (Å²) in [6, 6.07) is -0.269. The molecular weight excluding hydrogens is 242 g/mol. The van der Waals surface area contributed by atoms with Crippen LogP contribution in [0.25, 0.3) is 0 Å². The lowest BCUT2D eigenvalue weighted by Crippen LogP contribution is -2.29. The average Bonchev–Trinajstić information content (AvgIpc) is 3.14. The van der Waals surface area contributed by atoms with Crippen molar-refractivity contribution >= 4 is 5.97 Å². The van der Waals surface area contributed by atoms with Crippen LogP contribution in [-0.2, 0) is 23.7 Å². The van der Waals surface area contributed by atoms with E-state index in [1.54, 1.807) is 0 Å². The Bertz CT molecular complexity index is 337. The van der Waals surface area contributed by atoms with Crippen LogP contribution in [0.3, 0.4) is 0 Å². The molecule has 100 valence electrons. The topological polar surface area (TPSA) is 86.2 Å². The summed E-state index contributed by atoms with van der Waals surface area (Å²) in [5.74, 6) is 0.470. The Hall–Kier alpha value is -1.89. The highest BCUT2D eigenvalue weighted by atomic mass is 16.7. The quantitative estimate of drug-likeness (QED) is 0.745. The standard InChI is InChI=1S/C6H6O4.C5H9NO2/c1-5(9-3-7-1)6-2-8-4-10-6;7-5(8)4-2-1-3-6-4/h1-2H,3-4H2;4,6H,1-3H2,(H,7,8)/t;4-/m.0/s1. The first-order valence-electron chi connectivity index (χ1n) is 5.63. The Labute approximate surface area is 104 Å². The number of aliphatic carboxylic acids is 1. The van der Waals surface area contributed by atoms with Gasteiger partial charge in [0, 0.05) is 0 Å². The van der Waals surface area contributed by atoms with E-state index >= 15 is 0 Å². The smallest absolute Gasteiger partial charge is 0.320 e. The number of hydrogen-bond donors (Lipinski definition) is 2. The molecule has 1 atom stereocenters. The first-order valence-corrected chi connectivity index (χ1v) is 5.63. The maximum atomic E-state index is 10.1. The van der Waals surface area contributed by atoms with Gasteiger partial charge in [-0.05, 0) is 19.4 Å². The molecule has 18 heavy (non-hydrogen) atoms. The zero-order valence-corrected chi connectivity index (χ0v) is 9.76. The minimum absolute atomic E-state index is 0.260. The number of nitrogens with one attached hydrogen (secondary N) is 1. The van der Waals surface area contributed by atoms with Crippen molar-refractivity contribution < 1.29 is 28.8 Å². The maximum absolute atomic E-state index is 10.1. The van der Waals surface area contributed by atoms with Gasteiger partial charge < -0.3 is 29.4 Å². The van der Waals surface area contributed by atoms with Gasteiger partial charge in [0.15, 0.2) is 0 Å². The van der Waals surface area contributed by atoms with Crippen LogP contribution in [0.4, 0.5) is 0 Å². The SMILES string of the molecule is C1=C(C2=COCO2)OCO1.O=C(O)[C@@H]1CCCN1. The Morgan fingerprint density at radius 2 is 1.83 bits per heavy atom. The molecule has 1 fully saturated rings. The van der Waals surface area contributed by atoms with Gasteiger partial charge in [-0.1, -0.05) is 0 Å². The third-order valence-electron chi connectivity index (χ3n) is 2.55. The second-order valence-electron chi connectivity index (χ2n) is 3.81. The lowest BCUT2D eigenvalue weighted by Gasteiger charge is -1.99. The summed E-state index contributed by atoms with van der Waals surface area (Å²) in [4.78, 5) is 10.1. The molecule has 0 radical (unpaired) electrons. The molecule has 0 aromatic rings. The van der Waals surface area contributed by atoms with E-state index in [1.807, 2.05) is 0 Å². The Morgan fingerprint density at radius 3 is 2.11 bits per heavy atom. The largest absolute Gasteiger partial charge is 0.480 e. The molecule has 3 rings (SSSR count). The molecule has 0 aromatic carbocycles. The van der Waals surface area contributed by atoms with Gasteiger partial charge in [-0.15, -0.1) is 0 Å². The van der Waals surface area contributed by atoms with E-state index in [0.29, 0.717) is 11.5 Å². The van der Waals surface area contributed by atoms with Gasteiger partial charge in [-0.2, -0.15) is 0 Å². The van der Waals surface area contributed by atoms with Gasteiger partial charge >= 0.3 is 5.97 Å². The average molecular weight is 257 g/mol. The molecule has 0 amide bonds. The van der Waals surface area contributed by atoms with E-state index in [9.17, 15) is 4.79 Å². The summed E-state index contributed by atoms with van der Waals surface area (Å²) in [5.41, 5.74) is 0. The molecule has 0 aromatic heterocycles. The Morgan fingerprint density at radius 1 is 1.22 bits per heavy atom. The molecule has 0 saturated carbocycles. The summed E-state index contributed by atoms with van der Waals surface area (Å²) >= 11 is 0. The van der Waals surface area contributed by atoms with Crippen molar-refractivity contribution in [3.05, 3.63) is 24.0 Å². The highest BCUT2D eigenvalue weighted by molar-refractivity contribution is 5.73. The van der Waals surface area contributed by atoms with E-state index < -0.39 is 5.97 Å². The second-order valence-corrected chi connectivity index (χ2v) is 3.81. The zero-order chi connectivity index (χ0) is 12.8. The van der Waals surface area contributed by atoms with Crippen LogP contribution in [0.15, 0.2) is 24.0 Å². The van der Waals surface area contributed by atoms with Crippen molar-refractivity contribution in [2.24, 2.45) is 0 Å². The number of rotatable bonds is 2. The van der Waals surface area contributed by atoms with Crippen LogP contribution in [0.5, 0.6) is 0 Å². The minimum atomic E-state index is -0.720. The lowest BCUT2D eigenvalue weighted by molar-refractivity contribution is -0.139. The van der Waals surface area contributed by atoms with Crippen LogP contribution in [-0.4, -0.2) is 37.2 Å². The van der Waals surface area contributed by atoms with Crippen molar-refractivity contribution in [2.75, 3.05) is 20.1 Å². The van der Waals surface area contributed by atoms with Crippen LogP contribution in [0, 0.1) is 0 Å². The number of carboxylic acid groups (broad SMARTS) is 1. The highest BCUT2D eigenvalue weighted by Gasteiger charge is 2.20. The van der Waals surface area contributed by atoms with Crippen molar-refractivity contribution in [3.8, 4) is 0 Å². The third kappa shape index (κ3) is 3.30. The van der Waals surface area contributed by atoms with Gasteiger partial charge in [0.1, 0.15) is 18.6 Å². The molecule has 0 spiro atoms. The summed E-state index contributed by atoms with van der Waals surface area (Å²) in [6.07, 6.45) is 4.79. The first kappa shape index (κ1) is 12.6. The molecule has 0 aliphatic carbocycles. The molecule has 7 nitrogen and oxygen atoms in total. The lowest BCUT2D eigenvalue weighted by atomic mass is 10.2. The summed E-state index contributed by atoms with van der Waals surface area (Å²) in [5, 5.41) is 11.2. The Balaban J connectivity index is 0.000000138. The minimum Gasteiger partial charge on any atom is -0.480 e. The second kappa shape index (κ2) is 6.15. The first-order chi connectivity index (χ1) is 8.77. The van der Waals surface area contributed by atoms with Crippen molar-refractivity contribution in [2.45, 2.75) is 18.9 Å². The molecule has 3 aliphatic heterocycles. The van der Waals surface area contributed by atoms with E-state index in [-0.39, 0.29) is 19.6 Å². The monoisotopic (exact) mass is 257 g/mol. The van der Waals surface area contributed by atoms with Gasteiger partial charge in [0.2, 0.25) is 25.1 Å². The summed E-state index contributed by atoms with van der Waals surface area (Å²) < 4.78 is 19.6. The van der Waals surface area contributed by atoms with Crippen molar-refractivity contribution in [3.63, 3.8) is 0 Å². The number of carbonyl (C=O) groups is 1. The molecule has 7 heteroatoms. The zero-order valence-electron chi connectivity index (χ0n) is 9.76.